The van der Waals surface area contributed by atoms with Crippen LogP contribution in [0, 0.1) is 17.2 Å². The van der Waals surface area contributed by atoms with Gasteiger partial charge >= 0.3 is 0 Å². The van der Waals surface area contributed by atoms with Gasteiger partial charge in [0, 0.05) is 6.54 Å². The van der Waals surface area contributed by atoms with E-state index in [-0.39, 0.29) is 5.91 Å². The lowest BCUT2D eigenvalue weighted by atomic mass is 10.1. The van der Waals surface area contributed by atoms with E-state index in [2.05, 4.69) is 5.32 Å². The minimum Gasteiger partial charge on any atom is -0.497 e. The molecular weight excluding hydrogens is 228 g/mol. The average molecular weight is 246 g/mol. The number of hydrogen-bond acceptors (Lipinski definition) is 3. The number of amides is 1. The molecule has 1 atom stereocenters. The normalized spacial score (nSPS) is 11.4. The van der Waals surface area contributed by atoms with Crippen molar-refractivity contribution in [2.24, 2.45) is 5.92 Å². The number of nitrogens with one attached hydrogen (secondary N) is 1. The van der Waals surface area contributed by atoms with E-state index >= 15 is 0 Å². The summed E-state index contributed by atoms with van der Waals surface area (Å²) in [5, 5.41) is 11.5. The van der Waals surface area contributed by atoms with Crippen LogP contribution < -0.4 is 10.1 Å². The van der Waals surface area contributed by atoms with Crippen molar-refractivity contribution in [2.75, 3.05) is 13.7 Å². The predicted molar refractivity (Wildman–Crippen MR) is 69.1 cm³/mol. The van der Waals surface area contributed by atoms with Gasteiger partial charge in [-0.2, -0.15) is 5.26 Å². The maximum Gasteiger partial charge on any atom is 0.237 e. The Morgan fingerprint density at radius 1 is 1.44 bits per heavy atom. The monoisotopic (exact) mass is 246 g/mol. The molecule has 0 bridgehead atoms. The van der Waals surface area contributed by atoms with Crippen LogP contribution in [0.3, 0.4) is 0 Å². The van der Waals surface area contributed by atoms with Gasteiger partial charge in [0.05, 0.1) is 13.2 Å². The molecule has 1 N–H and O–H groups in total. The fourth-order valence-electron chi connectivity index (χ4n) is 1.58. The molecule has 0 aliphatic carbocycles. The van der Waals surface area contributed by atoms with Gasteiger partial charge in [0.15, 0.2) is 0 Å². The van der Waals surface area contributed by atoms with Crippen LogP contribution in [0.5, 0.6) is 5.75 Å². The molecule has 1 unspecified atom stereocenters. The van der Waals surface area contributed by atoms with Crippen LogP contribution in [0.25, 0.3) is 0 Å². The zero-order chi connectivity index (χ0) is 13.4. The summed E-state index contributed by atoms with van der Waals surface area (Å²) in [7, 11) is 1.63. The molecule has 1 aromatic carbocycles. The Labute approximate surface area is 108 Å². The minimum atomic E-state index is -0.541. The van der Waals surface area contributed by atoms with E-state index < -0.39 is 5.92 Å². The number of ether oxygens (including phenoxy) is 1. The van der Waals surface area contributed by atoms with Crippen LogP contribution in [0.15, 0.2) is 24.3 Å². The lowest BCUT2D eigenvalue weighted by Crippen LogP contribution is -2.31. The topological polar surface area (TPSA) is 62.1 Å². The molecule has 1 amide bonds. The summed E-state index contributed by atoms with van der Waals surface area (Å²) in [5.74, 6) is 0.0905. The van der Waals surface area contributed by atoms with Crippen molar-refractivity contribution in [3.05, 3.63) is 29.8 Å². The van der Waals surface area contributed by atoms with Gasteiger partial charge in [-0.25, -0.2) is 0 Å². The van der Waals surface area contributed by atoms with E-state index in [0.717, 1.165) is 17.7 Å². The highest BCUT2D eigenvalue weighted by atomic mass is 16.5. The van der Waals surface area contributed by atoms with Crippen molar-refractivity contribution in [1.82, 2.24) is 5.32 Å². The molecule has 0 spiro atoms. The second-order valence-corrected chi connectivity index (χ2v) is 3.98. The molecule has 18 heavy (non-hydrogen) atoms. The number of hydrogen-bond donors (Lipinski definition) is 1. The van der Waals surface area contributed by atoms with Gasteiger partial charge in [-0.05, 0) is 30.5 Å². The number of rotatable bonds is 6. The minimum absolute atomic E-state index is 0.187. The Bertz CT molecular complexity index is 420. The van der Waals surface area contributed by atoms with Gasteiger partial charge < -0.3 is 10.1 Å². The summed E-state index contributed by atoms with van der Waals surface area (Å²) < 4.78 is 5.07. The fourth-order valence-corrected chi connectivity index (χ4v) is 1.58. The molecule has 4 nitrogen and oxygen atoms in total. The Kier molecular flexibility index (Phi) is 5.72. The Balaban J connectivity index is 2.37. The molecule has 0 aliphatic rings. The Hall–Kier alpha value is -2.02. The molecule has 4 heteroatoms. The molecule has 96 valence electrons. The van der Waals surface area contributed by atoms with E-state index in [4.69, 9.17) is 10.00 Å². The first kappa shape index (κ1) is 14.0. The molecule has 0 aromatic heterocycles. The fraction of sp³-hybridized carbons (Fsp3) is 0.429. The molecule has 1 rings (SSSR count). The largest absolute Gasteiger partial charge is 0.497 e. The van der Waals surface area contributed by atoms with Gasteiger partial charge in [0.2, 0.25) is 5.91 Å². The quantitative estimate of drug-likeness (QED) is 0.834. The molecule has 0 fully saturated rings. The standard InChI is InChI=1S/C14H18N2O2/c1-3-12(10-15)14(17)16-9-8-11-4-6-13(18-2)7-5-11/h4-7,12H,3,8-9H2,1-2H3,(H,16,17). The predicted octanol–water partition coefficient (Wildman–Crippen LogP) is 1.90. The first-order chi connectivity index (χ1) is 8.71. The zero-order valence-electron chi connectivity index (χ0n) is 10.8. The molecule has 0 saturated carbocycles. The van der Waals surface area contributed by atoms with Crippen LogP contribution in [-0.2, 0) is 11.2 Å². The smallest absolute Gasteiger partial charge is 0.237 e. The van der Waals surface area contributed by atoms with E-state index in [1.54, 1.807) is 7.11 Å². The summed E-state index contributed by atoms with van der Waals surface area (Å²) in [6.07, 6.45) is 1.29. The first-order valence-corrected chi connectivity index (χ1v) is 6.01. The van der Waals surface area contributed by atoms with Crippen LogP contribution in [0.4, 0.5) is 0 Å². The van der Waals surface area contributed by atoms with Crippen molar-refractivity contribution in [1.29, 1.82) is 5.26 Å². The van der Waals surface area contributed by atoms with Gasteiger partial charge in [-0.15, -0.1) is 0 Å². The van der Waals surface area contributed by atoms with Gasteiger partial charge in [-0.1, -0.05) is 19.1 Å². The van der Waals surface area contributed by atoms with E-state index in [1.807, 2.05) is 37.3 Å². The van der Waals surface area contributed by atoms with Crippen LogP contribution in [0.1, 0.15) is 18.9 Å². The number of carbonyl (C=O) groups excluding carboxylic acids is 1. The first-order valence-electron chi connectivity index (χ1n) is 6.01. The highest BCUT2D eigenvalue weighted by Crippen LogP contribution is 2.11. The summed E-state index contributed by atoms with van der Waals surface area (Å²) in [6, 6.07) is 9.70. The van der Waals surface area contributed by atoms with Gasteiger partial charge in [0.1, 0.15) is 11.7 Å². The third-order valence-electron chi connectivity index (χ3n) is 2.75. The molecule has 0 heterocycles. The molecule has 0 saturated heterocycles. The van der Waals surface area contributed by atoms with Crippen molar-refractivity contribution in [3.8, 4) is 11.8 Å². The number of nitriles is 1. The zero-order valence-corrected chi connectivity index (χ0v) is 10.8. The number of benzene rings is 1. The average Bonchev–Trinajstić information content (AvgIpc) is 2.41. The molecule has 0 radical (unpaired) electrons. The van der Waals surface area contributed by atoms with Crippen molar-refractivity contribution in [3.63, 3.8) is 0 Å². The van der Waals surface area contributed by atoms with E-state index in [0.29, 0.717) is 13.0 Å². The molecule has 0 aliphatic heterocycles. The summed E-state index contributed by atoms with van der Waals surface area (Å²) in [6.45, 7) is 2.38. The van der Waals surface area contributed by atoms with Crippen LogP contribution >= 0.6 is 0 Å². The second kappa shape index (κ2) is 7.33. The highest BCUT2D eigenvalue weighted by molar-refractivity contribution is 5.80. The number of carbonyl (C=O) groups is 1. The maximum atomic E-state index is 11.5. The van der Waals surface area contributed by atoms with Crippen LogP contribution in [-0.4, -0.2) is 19.6 Å². The summed E-state index contributed by atoms with van der Waals surface area (Å²) >= 11 is 0. The lowest BCUT2D eigenvalue weighted by molar-refractivity contribution is -0.123. The summed E-state index contributed by atoms with van der Waals surface area (Å²) in [4.78, 5) is 11.5. The second-order valence-electron chi connectivity index (χ2n) is 3.98. The summed E-state index contributed by atoms with van der Waals surface area (Å²) in [5.41, 5.74) is 1.13. The Morgan fingerprint density at radius 2 is 2.11 bits per heavy atom. The highest BCUT2D eigenvalue weighted by Gasteiger charge is 2.14. The third kappa shape index (κ3) is 4.10. The van der Waals surface area contributed by atoms with E-state index in [1.165, 1.54) is 0 Å². The number of methoxy groups -OCH3 is 1. The van der Waals surface area contributed by atoms with Crippen molar-refractivity contribution < 1.29 is 9.53 Å². The Morgan fingerprint density at radius 3 is 2.61 bits per heavy atom. The lowest BCUT2D eigenvalue weighted by Gasteiger charge is -2.08. The van der Waals surface area contributed by atoms with Gasteiger partial charge in [0.25, 0.3) is 0 Å². The van der Waals surface area contributed by atoms with Crippen LogP contribution in [0.2, 0.25) is 0 Å². The number of nitrogens with zero attached hydrogens (tertiary/aromatic N) is 1. The van der Waals surface area contributed by atoms with Crippen molar-refractivity contribution in [2.45, 2.75) is 19.8 Å². The molecular formula is C14H18N2O2. The maximum absolute atomic E-state index is 11.5. The SMILES string of the molecule is CCC(C#N)C(=O)NCCc1ccc(OC)cc1. The van der Waals surface area contributed by atoms with E-state index in [9.17, 15) is 4.79 Å². The molecule has 1 aromatic rings. The third-order valence-corrected chi connectivity index (χ3v) is 2.75. The van der Waals surface area contributed by atoms with Crippen molar-refractivity contribution >= 4 is 5.91 Å². The van der Waals surface area contributed by atoms with Gasteiger partial charge in [-0.3, -0.25) is 4.79 Å².